The molecule has 1 aliphatic heterocycles. The lowest BCUT2D eigenvalue weighted by atomic mass is 9.90. The van der Waals surface area contributed by atoms with Gasteiger partial charge in [0.05, 0.1) is 6.10 Å². The highest BCUT2D eigenvalue weighted by Crippen LogP contribution is 2.24. The minimum atomic E-state index is -1.06. The van der Waals surface area contributed by atoms with Gasteiger partial charge in [0.25, 0.3) is 0 Å². The molecule has 21 heavy (non-hydrogen) atoms. The molecule has 2 rings (SSSR count). The summed E-state index contributed by atoms with van der Waals surface area (Å²) in [6.07, 6.45) is -0.259. The van der Waals surface area contributed by atoms with Crippen molar-refractivity contribution in [1.29, 1.82) is 0 Å². The summed E-state index contributed by atoms with van der Waals surface area (Å²) >= 11 is 5.92. The number of nitrogens with zero attached hydrogens (tertiary/aromatic N) is 1. The lowest BCUT2D eigenvalue weighted by Gasteiger charge is -2.34. The summed E-state index contributed by atoms with van der Waals surface area (Å²) in [5.74, 6) is -0.741. The smallest absolute Gasteiger partial charge is 0.246 e. The van der Waals surface area contributed by atoms with Crippen LogP contribution in [-0.4, -0.2) is 46.8 Å². The first kappa shape index (κ1) is 16.2. The first-order valence-electron chi connectivity index (χ1n) is 7.10. The van der Waals surface area contributed by atoms with Crippen molar-refractivity contribution in [3.05, 3.63) is 34.9 Å². The third-order valence-corrected chi connectivity index (χ3v) is 4.27. The molecule has 0 aromatic heterocycles. The molecule has 1 aromatic carbocycles. The van der Waals surface area contributed by atoms with Crippen molar-refractivity contribution >= 4 is 17.5 Å². The van der Waals surface area contributed by atoms with E-state index >= 15 is 0 Å². The van der Waals surface area contributed by atoms with E-state index < -0.39 is 18.1 Å². The number of carbonyl (C=O) groups excluding carboxylic acids is 1. The quantitative estimate of drug-likeness (QED) is 0.755. The van der Waals surface area contributed by atoms with Gasteiger partial charge in [-0.2, -0.15) is 0 Å². The van der Waals surface area contributed by atoms with Crippen molar-refractivity contribution in [1.82, 2.24) is 4.90 Å². The highest BCUT2D eigenvalue weighted by Gasteiger charge is 2.29. The van der Waals surface area contributed by atoms with E-state index in [1.54, 1.807) is 12.1 Å². The van der Waals surface area contributed by atoms with Crippen molar-refractivity contribution in [2.24, 2.45) is 11.7 Å². The third kappa shape index (κ3) is 4.41. The maximum Gasteiger partial charge on any atom is 0.246 e. The summed E-state index contributed by atoms with van der Waals surface area (Å²) in [6, 6.07) is 7.20. The molecule has 0 aliphatic carbocycles. The van der Waals surface area contributed by atoms with Crippen molar-refractivity contribution in [3.63, 3.8) is 0 Å². The van der Waals surface area contributed by atoms with Crippen LogP contribution in [0.1, 0.15) is 24.5 Å². The number of nitrogens with two attached hydrogens (primary N) is 1. The molecule has 6 heteroatoms. The second-order valence-corrected chi connectivity index (χ2v) is 5.99. The number of primary amides is 1. The predicted octanol–water partition coefficient (Wildman–Crippen LogP) is 0.932. The number of carbonyl (C=O) groups is 1. The normalized spacial score (nSPS) is 20.1. The first-order chi connectivity index (χ1) is 9.97. The highest BCUT2D eigenvalue weighted by molar-refractivity contribution is 6.30. The van der Waals surface area contributed by atoms with E-state index in [2.05, 4.69) is 4.90 Å². The highest BCUT2D eigenvalue weighted by atomic mass is 35.5. The van der Waals surface area contributed by atoms with Gasteiger partial charge >= 0.3 is 0 Å². The zero-order valence-corrected chi connectivity index (χ0v) is 12.5. The Kier molecular flexibility index (Phi) is 5.58. The maximum atomic E-state index is 11.0. The number of aliphatic hydroxyl groups is 2. The molecule has 1 saturated heterocycles. The van der Waals surface area contributed by atoms with Crippen LogP contribution < -0.4 is 5.73 Å². The fourth-order valence-corrected chi connectivity index (χ4v) is 2.95. The molecule has 1 aromatic rings. The number of benzene rings is 1. The molecule has 0 spiro atoms. The van der Waals surface area contributed by atoms with Crippen LogP contribution in [0.15, 0.2) is 24.3 Å². The zero-order chi connectivity index (χ0) is 15.4. The summed E-state index contributed by atoms with van der Waals surface area (Å²) in [4.78, 5) is 13.1. The third-order valence-electron chi connectivity index (χ3n) is 4.03. The molecule has 4 N–H and O–H groups in total. The Morgan fingerprint density at radius 1 is 1.38 bits per heavy atom. The number of likely N-dealkylation sites (tertiary alicyclic amines) is 1. The summed E-state index contributed by atoms with van der Waals surface area (Å²) in [5.41, 5.74) is 5.91. The van der Waals surface area contributed by atoms with Gasteiger partial charge in [-0.15, -0.1) is 0 Å². The Bertz CT molecular complexity index is 490. The Hall–Kier alpha value is -1.14. The number of rotatable bonds is 5. The molecule has 116 valence electrons. The van der Waals surface area contributed by atoms with E-state index in [1.807, 2.05) is 12.1 Å². The molecule has 5 nitrogen and oxygen atoms in total. The van der Waals surface area contributed by atoms with Gasteiger partial charge in [0.15, 0.2) is 0 Å². The second-order valence-electron chi connectivity index (χ2n) is 5.56. The van der Waals surface area contributed by atoms with Crippen LogP contribution in [0.4, 0.5) is 0 Å². The van der Waals surface area contributed by atoms with Crippen molar-refractivity contribution in [3.8, 4) is 0 Å². The Morgan fingerprint density at radius 3 is 2.62 bits per heavy atom. The molecule has 0 saturated carbocycles. The fourth-order valence-electron chi connectivity index (χ4n) is 2.75. The minimum absolute atomic E-state index is 0.0814. The summed E-state index contributed by atoms with van der Waals surface area (Å²) in [7, 11) is 0. The molecule has 2 unspecified atom stereocenters. The van der Waals surface area contributed by atoms with Gasteiger partial charge in [0, 0.05) is 11.6 Å². The van der Waals surface area contributed by atoms with Crippen molar-refractivity contribution in [2.75, 3.05) is 19.6 Å². The number of amides is 1. The van der Waals surface area contributed by atoms with E-state index in [0.29, 0.717) is 24.4 Å². The van der Waals surface area contributed by atoms with Crippen LogP contribution in [0.25, 0.3) is 0 Å². The molecular formula is C15H21ClN2O3. The van der Waals surface area contributed by atoms with Crippen LogP contribution >= 0.6 is 11.6 Å². The van der Waals surface area contributed by atoms with Crippen molar-refractivity contribution in [2.45, 2.75) is 25.0 Å². The number of aliphatic hydroxyl groups excluding tert-OH is 2. The molecule has 2 atom stereocenters. The molecule has 1 heterocycles. The fraction of sp³-hybridized carbons (Fsp3) is 0.533. The summed E-state index contributed by atoms with van der Waals surface area (Å²) < 4.78 is 0. The maximum absolute atomic E-state index is 11.0. The van der Waals surface area contributed by atoms with Crippen LogP contribution in [0.2, 0.25) is 5.02 Å². The molecular weight excluding hydrogens is 292 g/mol. The largest absolute Gasteiger partial charge is 0.387 e. The topological polar surface area (TPSA) is 86.8 Å². The van der Waals surface area contributed by atoms with Crippen LogP contribution in [-0.2, 0) is 4.79 Å². The second kappa shape index (κ2) is 7.22. The standard InChI is InChI=1S/C15H21ClN2O3/c16-12-3-1-2-11(8-12)13(19)9-18-6-4-10(5-7-18)14(20)15(17)21/h1-3,8,10,13-14,19-20H,4-7,9H2,(H2,17,21). The summed E-state index contributed by atoms with van der Waals surface area (Å²) in [6.45, 7) is 1.97. The number of β-amino-alcohol motifs (C(OH)–C–C–N with tert-alkyl or cyclic N) is 1. The average Bonchev–Trinajstić information content (AvgIpc) is 2.47. The van der Waals surface area contributed by atoms with E-state index in [4.69, 9.17) is 17.3 Å². The Labute approximate surface area is 129 Å². The SMILES string of the molecule is NC(=O)C(O)C1CCN(CC(O)c2cccc(Cl)c2)CC1. The Morgan fingerprint density at radius 2 is 2.05 bits per heavy atom. The Balaban J connectivity index is 1.84. The molecule has 1 fully saturated rings. The van der Waals surface area contributed by atoms with Gasteiger partial charge in [-0.1, -0.05) is 23.7 Å². The number of hydrogen-bond donors (Lipinski definition) is 3. The van der Waals surface area contributed by atoms with Gasteiger partial charge in [0.2, 0.25) is 5.91 Å². The van der Waals surface area contributed by atoms with E-state index in [1.165, 1.54) is 0 Å². The van der Waals surface area contributed by atoms with E-state index in [9.17, 15) is 15.0 Å². The monoisotopic (exact) mass is 312 g/mol. The van der Waals surface area contributed by atoms with Gasteiger partial charge in [-0.25, -0.2) is 0 Å². The lowest BCUT2D eigenvalue weighted by Crippen LogP contribution is -2.43. The van der Waals surface area contributed by atoms with Crippen LogP contribution in [0, 0.1) is 5.92 Å². The molecule has 0 bridgehead atoms. The molecule has 1 aliphatic rings. The average molecular weight is 313 g/mol. The van der Waals surface area contributed by atoms with Gasteiger partial charge in [-0.3, -0.25) is 4.79 Å². The summed E-state index contributed by atoms with van der Waals surface area (Å²) in [5, 5.41) is 20.5. The van der Waals surface area contributed by atoms with Crippen LogP contribution in [0.3, 0.4) is 0 Å². The predicted molar refractivity (Wildman–Crippen MR) is 80.8 cm³/mol. The van der Waals surface area contributed by atoms with Gasteiger partial charge in [-0.05, 0) is 49.5 Å². The molecule has 0 radical (unpaired) electrons. The zero-order valence-electron chi connectivity index (χ0n) is 11.8. The lowest BCUT2D eigenvalue weighted by molar-refractivity contribution is -0.129. The van der Waals surface area contributed by atoms with Crippen LogP contribution in [0.5, 0.6) is 0 Å². The molecule has 1 amide bonds. The minimum Gasteiger partial charge on any atom is -0.387 e. The number of halogens is 1. The number of hydrogen-bond acceptors (Lipinski definition) is 4. The van der Waals surface area contributed by atoms with E-state index in [0.717, 1.165) is 18.7 Å². The van der Waals surface area contributed by atoms with E-state index in [-0.39, 0.29) is 5.92 Å². The van der Waals surface area contributed by atoms with Crippen molar-refractivity contribution < 1.29 is 15.0 Å². The number of piperidine rings is 1. The van der Waals surface area contributed by atoms with Gasteiger partial charge in [0.1, 0.15) is 6.10 Å². The first-order valence-corrected chi connectivity index (χ1v) is 7.48. The van der Waals surface area contributed by atoms with Gasteiger partial charge < -0.3 is 20.8 Å².